The summed E-state index contributed by atoms with van der Waals surface area (Å²) in [7, 11) is -3.01. The number of carbonyl (C=O) groups excluding carboxylic acids is 1. The molecule has 2 saturated heterocycles. The molecule has 2 fully saturated rings. The molecular weight excluding hydrogens is 206 g/mol. The minimum Gasteiger partial charge on any atom is -0.443 e. The molecule has 0 bridgehead atoms. The lowest BCUT2D eigenvalue weighted by Crippen LogP contribution is -2.41. The van der Waals surface area contributed by atoms with Crippen LogP contribution in [0.25, 0.3) is 0 Å². The van der Waals surface area contributed by atoms with Crippen LogP contribution in [-0.4, -0.2) is 49.1 Å². The van der Waals surface area contributed by atoms with Crippen molar-refractivity contribution < 1.29 is 17.9 Å². The highest BCUT2D eigenvalue weighted by Crippen LogP contribution is 2.29. The summed E-state index contributed by atoms with van der Waals surface area (Å²) in [5.74, 6) is 0.0220. The van der Waals surface area contributed by atoms with E-state index in [1.54, 1.807) is 0 Å². The van der Waals surface area contributed by atoms with Gasteiger partial charge in [0.1, 0.15) is 6.10 Å². The van der Waals surface area contributed by atoms with Crippen molar-refractivity contribution in [3.63, 3.8) is 0 Å². The highest BCUT2D eigenvalue weighted by Gasteiger charge is 2.51. The Kier molecular flexibility index (Phi) is 1.99. The van der Waals surface area contributed by atoms with Crippen LogP contribution in [0, 0.1) is 0 Å². The summed E-state index contributed by atoms with van der Waals surface area (Å²) in [6.07, 6.45) is -0.834. The standard InChI is InChI=1S/C8H13NO4S/c1-5(2)9-6-3-14(11,12)4-7(6)13-8(9)10/h5-7H,3-4H2,1-2H3/t6-,7-/m1/s1. The van der Waals surface area contributed by atoms with Gasteiger partial charge in [0.2, 0.25) is 0 Å². The lowest BCUT2D eigenvalue weighted by molar-refractivity contribution is 0.136. The fourth-order valence-electron chi connectivity index (χ4n) is 2.09. The smallest absolute Gasteiger partial charge is 0.410 e. The summed E-state index contributed by atoms with van der Waals surface area (Å²) >= 11 is 0. The van der Waals surface area contributed by atoms with Crippen molar-refractivity contribution in [1.29, 1.82) is 0 Å². The highest BCUT2D eigenvalue weighted by atomic mass is 32.2. The zero-order chi connectivity index (χ0) is 10.5. The average Bonchev–Trinajstić information content (AvgIpc) is 2.37. The Labute approximate surface area is 82.9 Å². The Morgan fingerprint density at radius 2 is 2.07 bits per heavy atom. The minimum atomic E-state index is -3.01. The van der Waals surface area contributed by atoms with Gasteiger partial charge in [0.05, 0.1) is 17.5 Å². The topological polar surface area (TPSA) is 63.7 Å². The number of sulfone groups is 1. The van der Waals surface area contributed by atoms with Crippen molar-refractivity contribution in [3.05, 3.63) is 0 Å². The van der Waals surface area contributed by atoms with Gasteiger partial charge in [-0.05, 0) is 13.8 Å². The Morgan fingerprint density at radius 1 is 1.43 bits per heavy atom. The molecular formula is C8H13NO4S. The predicted octanol–water partition coefficient (Wildman–Crippen LogP) is 0.0126. The van der Waals surface area contributed by atoms with Gasteiger partial charge < -0.3 is 4.74 Å². The molecule has 2 rings (SSSR count). The summed E-state index contributed by atoms with van der Waals surface area (Å²) in [4.78, 5) is 12.9. The molecule has 6 heteroatoms. The Morgan fingerprint density at radius 3 is 2.64 bits per heavy atom. The minimum absolute atomic E-state index is 0.00852. The Bertz CT molecular complexity index is 362. The second kappa shape index (κ2) is 2.85. The maximum atomic E-state index is 11.3. The third-order valence-corrected chi connectivity index (χ3v) is 4.33. The average molecular weight is 219 g/mol. The maximum absolute atomic E-state index is 11.3. The van der Waals surface area contributed by atoms with Crippen LogP contribution >= 0.6 is 0 Å². The molecule has 0 unspecified atom stereocenters. The van der Waals surface area contributed by atoms with Gasteiger partial charge in [-0.2, -0.15) is 0 Å². The Hall–Kier alpha value is -0.780. The van der Waals surface area contributed by atoms with E-state index in [-0.39, 0.29) is 29.7 Å². The molecule has 2 aliphatic heterocycles. The van der Waals surface area contributed by atoms with Crippen LogP contribution in [0.3, 0.4) is 0 Å². The van der Waals surface area contributed by atoms with Gasteiger partial charge in [-0.15, -0.1) is 0 Å². The molecule has 1 amide bonds. The fraction of sp³-hybridized carbons (Fsp3) is 0.875. The fourth-order valence-corrected chi connectivity index (χ4v) is 3.91. The summed E-state index contributed by atoms with van der Waals surface area (Å²) in [6, 6.07) is -0.279. The molecule has 0 radical (unpaired) electrons. The summed E-state index contributed by atoms with van der Waals surface area (Å²) in [5.41, 5.74) is 0. The van der Waals surface area contributed by atoms with E-state index in [0.29, 0.717) is 0 Å². The van der Waals surface area contributed by atoms with E-state index < -0.39 is 15.9 Å². The molecule has 0 aromatic rings. The maximum Gasteiger partial charge on any atom is 0.410 e. The molecule has 0 spiro atoms. The number of hydrogen-bond donors (Lipinski definition) is 0. The first-order chi connectivity index (χ1) is 6.41. The first-order valence-corrected chi connectivity index (χ1v) is 6.42. The van der Waals surface area contributed by atoms with Crippen molar-refractivity contribution in [1.82, 2.24) is 4.90 Å². The van der Waals surface area contributed by atoms with Gasteiger partial charge in [0.15, 0.2) is 9.84 Å². The molecule has 0 aliphatic carbocycles. The van der Waals surface area contributed by atoms with Crippen molar-refractivity contribution in [2.24, 2.45) is 0 Å². The number of hydrogen-bond acceptors (Lipinski definition) is 4. The third kappa shape index (κ3) is 1.37. The van der Waals surface area contributed by atoms with Gasteiger partial charge in [0.25, 0.3) is 0 Å². The normalized spacial score (nSPS) is 34.8. The van der Waals surface area contributed by atoms with E-state index in [4.69, 9.17) is 4.74 Å². The first-order valence-electron chi connectivity index (χ1n) is 4.60. The highest BCUT2D eigenvalue weighted by molar-refractivity contribution is 7.91. The van der Waals surface area contributed by atoms with Crippen LogP contribution in [0.2, 0.25) is 0 Å². The summed E-state index contributed by atoms with van der Waals surface area (Å²) in [6.45, 7) is 3.71. The first kappa shape index (κ1) is 9.76. The van der Waals surface area contributed by atoms with Crippen LogP contribution < -0.4 is 0 Å². The largest absolute Gasteiger partial charge is 0.443 e. The van der Waals surface area contributed by atoms with Gasteiger partial charge in [-0.3, -0.25) is 4.90 Å². The van der Waals surface area contributed by atoms with Gasteiger partial charge in [0, 0.05) is 6.04 Å². The van der Waals surface area contributed by atoms with Crippen LogP contribution in [0.15, 0.2) is 0 Å². The number of ether oxygens (including phenoxy) is 1. The van der Waals surface area contributed by atoms with Crippen LogP contribution in [0.4, 0.5) is 4.79 Å². The van der Waals surface area contributed by atoms with E-state index in [2.05, 4.69) is 0 Å². The third-order valence-electron chi connectivity index (χ3n) is 2.65. The van der Waals surface area contributed by atoms with Crippen molar-refractivity contribution in [2.75, 3.05) is 11.5 Å². The van der Waals surface area contributed by atoms with Crippen molar-refractivity contribution in [2.45, 2.75) is 32.0 Å². The quantitative estimate of drug-likeness (QED) is 0.623. The SMILES string of the molecule is CC(C)N1C(=O)O[C@@H]2CS(=O)(=O)C[C@H]21. The lowest BCUT2D eigenvalue weighted by atomic mass is 10.2. The van der Waals surface area contributed by atoms with Crippen molar-refractivity contribution >= 4 is 15.9 Å². The molecule has 2 aliphatic rings. The van der Waals surface area contributed by atoms with E-state index in [1.165, 1.54) is 4.90 Å². The molecule has 80 valence electrons. The molecule has 5 nitrogen and oxygen atoms in total. The molecule has 0 saturated carbocycles. The lowest BCUT2D eigenvalue weighted by Gasteiger charge is -2.23. The van der Waals surface area contributed by atoms with Crippen molar-refractivity contribution in [3.8, 4) is 0 Å². The zero-order valence-corrected chi connectivity index (χ0v) is 8.95. The van der Waals surface area contributed by atoms with E-state index in [9.17, 15) is 13.2 Å². The van der Waals surface area contributed by atoms with Crippen LogP contribution in [0.1, 0.15) is 13.8 Å². The number of nitrogens with zero attached hydrogens (tertiary/aromatic N) is 1. The molecule has 2 atom stereocenters. The molecule has 0 aromatic carbocycles. The van der Waals surface area contributed by atoms with Gasteiger partial charge >= 0.3 is 6.09 Å². The summed E-state index contributed by atoms with van der Waals surface area (Å²) < 4.78 is 27.6. The zero-order valence-electron chi connectivity index (χ0n) is 8.13. The molecule has 14 heavy (non-hydrogen) atoms. The van der Waals surface area contributed by atoms with E-state index in [1.807, 2.05) is 13.8 Å². The molecule has 0 N–H and O–H groups in total. The number of carbonyl (C=O) groups is 1. The monoisotopic (exact) mass is 219 g/mol. The van der Waals surface area contributed by atoms with Gasteiger partial charge in [-0.25, -0.2) is 13.2 Å². The second-order valence-corrected chi connectivity index (χ2v) is 6.22. The van der Waals surface area contributed by atoms with Crippen LogP contribution in [-0.2, 0) is 14.6 Å². The van der Waals surface area contributed by atoms with Crippen LogP contribution in [0.5, 0.6) is 0 Å². The summed E-state index contributed by atoms with van der Waals surface area (Å²) in [5, 5.41) is 0. The molecule has 0 aromatic heterocycles. The number of fused-ring (bicyclic) bond motifs is 1. The predicted molar refractivity (Wildman–Crippen MR) is 49.7 cm³/mol. The number of amides is 1. The Balaban J connectivity index is 2.26. The van der Waals surface area contributed by atoms with E-state index in [0.717, 1.165) is 0 Å². The molecule has 2 heterocycles. The van der Waals surface area contributed by atoms with Gasteiger partial charge in [-0.1, -0.05) is 0 Å². The second-order valence-electron chi connectivity index (χ2n) is 4.07. The number of rotatable bonds is 1. The van der Waals surface area contributed by atoms with E-state index >= 15 is 0 Å².